The van der Waals surface area contributed by atoms with Crippen LogP contribution in [0.2, 0.25) is 0 Å². The number of hydrogen-bond donors (Lipinski definition) is 2. The van der Waals surface area contributed by atoms with Crippen LogP contribution in [0.3, 0.4) is 0 Å². The molecule has 0 unspecified atom stereocenters. The molecule has 2 N–H and O–H groups in total. The van der Waals surface area contributed by atoms with E-state index in [1.165, 1.54) is 25.1 Å². The fourth-order valence-corrected chi connectivity index (χ4v) is 3.81. The first-order valence-electron chi connectivity index (χ1n) is 9.67. The van der Waals surface area contributed by atoms with Gasteiger partial charge in [0, 0.05) is 29.3 Å². The van der Waals surface area contributed by atoms with Crippen LogP contribution < -0.4 is 15.4 Å². The van der Waals surface area contributed by atoms with E-state index in [2.05, 4.69) is 15.6 Å². The molecule has 0 radical (unpaired) electrons. The van der Waals surface area contributed by atoms with Crippen LogP contribution in [0.15, 0.2) is 36.5 Å². The molecule has 1 aromatic carbocycles. The lowest BCUT2D eigenvalue weighted by Crippen LogP contribution is -2.34. The summed E-state index contributed by atoms with van der Waals surface area (Å²) in [5, 5.41) is 7.01. The molecule has 144 valence electrons. The van der Waals surface area contributed by atoms with E-state index in [9.17, 15) is 8.78 Å². The zero-order valence-electron chi connectivity index (χ0n) is 15.3. The second-order valence-corrected chi connectivity index (χ2v) is 7.45. The smallest absolute Gasteiger partial charge is 0.219 e. The molecule has 1 saturated carbocycles. The summed E-state index contributed by atoms with van der Waals surface area (Å²) in [6, 6.07) is 8.62. The highest BCUT2D eigenvalue weighted by atomic mass is 19.1. The topological polar surface area (TPSA) is 46.2 Å². The summed E-state index contributed by atoms with van der Waals surface area (Å²) in [7, 11) is 0. The number of nitrogens with one attached hydrogen (secondary N) is 2. The summed E-state index contributed by atoms with van der Waals surface area (Å²) in [5.74, 6) is 0.210. The van der Waals surface area contributed by atoms with Gasteiger partial charge in [-0.05, 0) is 63.0 Å². The van der Waals surface area contributed by atoms with E-state index in [-0.39, 0.29) is 18.3 Å². The molecule has 0 amide bonds. The van der Waals surface area contributed by atoms with E-state index in [4.69, 9.17) is 4.74 Å². The second-order valence-electron chi connectivity index (χ2n) is 7.45. The lowest BCUT2D eigenvalue weighted by atomic mass is 9.98. The van der Waals surface area contributed by atoms with E-state index in [0.29, 0.717) is 17.5 Å². The summed E-state index contributed by atoms with van der Waals surface area (Å²) < 4.78 is 33.8. The molecule has 2 aliphatic rings. The molecule has 27 heavy (non-hydrogen) atoms. The summed E-state index contributed by atoms with van der Waals surface area (Å²) in [6.45, 7) is 3.16. The highest BCUT2D eigenvalue weighted by Crippen LogP contribution is 2.45. The van der Waals surface area contributed by atoms with Crippen molar-refractivity contribution < 1.29 is 13.5 Å². The first-order valence-corrected chi connectivity index (χ1v) is 9.67. The van der Waals surface area contributed by atoms with Crippen molar-refractivity contribution in [2.75, 3.05) is 19.6 Å². The van der Waals surface area contributed by atoms with Crippen LogP contribution in [-0.4, -0.2) is 30.7 Å². The van der Waals surface area contributed by atoms with Gasteiger partial charge in [0.1, 0.15) is 6.61 Å². The fourth-order valence-electron chi connectivity index (χ4n) is 3.81. The number of ether oxygens (including phenoxy) is 1. The minimum absolute atomic E-state index is 0.0342. The summed E-state index contributed by atoms with van der Waals surface area (Å²) in [6.07, 6.45) is 4.77. The SMILES string of the molecule is Fc1cccc([C@@H]2C[C@H]2NCC2CCNCC2)c1OCc1cccnc1F. The van der Waals surface area contributed by atoms with E-state index >= 15 is 0 Å². The van der Waals surface area contributed by atoms with Gasteiger partial charge < -0.3 is 15.4 Å². The second kappa shape index (κ2) is 8.31. The minimum atomic E-state index is -0.580. The van der Waals surface area contributed by atoms with Gasteiger partial charge in [0.2, 0.25) is 5.95 Å². The summed E-state index contributed by atoms with van der Waals surface area (Å²) >= 11 is 0. The van der Waals surface area contributed by atoms with E-state index < -0.39 is 11.8 Å². The van der Waals surface area contributed by atoms with Crippen molar-refractivity contribution in [1.29, 1.82) is 0 Å². The van der Waals surface area contributed by atoms with Crippen LogP contribution in [0.5, 0.6) is 5.75 Å². The summed E-state index contributed by atoms with van der Waals surface area (Å²) in [4.78, 5) is 3.61. The van der Waals surface area contributed by atoms with E-state index in [1.54, 1.807) is 18.2 Å². The lowest BCUT2D eigenvalue weighted by Gasteiger charge is -2.23. The number of halogens is 2. The first-order chi connectivity index (χ1) is 13.2. The van der Waals surface area contributed by atoms with Crippen molar-refractivity contribution in [3.63, 3.8) is 0 Å². The van der Waals surface area contributed by atoms with Crippen molar-refractivity contribution in [2.45, 2.75) is 37.8 Å². The Morgan fingerprint density at radius 1 is 1.15 bits per heavy atom. The number of rotatable bonds is 7. The predicted octanol–water partition coefficient (Wildman–Crippen LogP) is 3.38. The van der Waals surface area contributed by atoms with Gasteiger partial charge in [-0.25, -0.2) is 9.37 Å². The molecule has 0 spiro atoms. The van der Waals surface area contributed by atoms with Crippen LogP contribution in [0.25, 0.3) is 0 Å². The van der Waals surface area contributed by atoms with Gasteiger partial charge in [-0.1, -0.05) is 12.1 Å². The van der Waals surface area contributed by atoms with Crippen molar-refractivity contribution >= 4 is 0 Å². The number of hydrogen-bond acceptors (Lipinski definition) is 4. The van der Waals surface area contributed by atoms with Gasteiger partial charge in [-0.2, -0.15) is 4.39 Å². The average Bonchev–Trinajstić information content (AvgIpc) is 3.47. The monoisotopic (exact) mass is 373 g/mol. The van der Waals surface area contributed by atoms with Gasteiger partial charge in [-0.3, -0.25) is 0 Å². The highest BCUT2D eigenvalue weighted by molar-refractivity contribution is 5.42. The number of para-hydroxylation sites is 1. The zero-order chi connectivity index (χ0) is 18.6. The quantitative estimate of drug-likeness (QED) is 0.731. The molecule has 0 bridgehead atoms. The molecule has 2 fully saturated rings. The van der Waals surface area contributed by atoms with Gasteiger partial charge in [0.25, 0.3) is 0 Å². The van der Waals surface area contributed by atoms with Crippen LogP contribution in [0.4, 0.5) is 8.78 Å². The van der Waals surface area contributed by atoms with Crippen LogP contribution in [0.1, 0.15) is 36.3 Å². The highest BCUT2D eigenvalue weighted by Gasteiger charge is 2.40. The van der Waals surface area contributed by atoms with Crippen molar-refractivity contribution in [2.24, 2.45) is 5.92 Å². The minimum Gasteiger partial charge on any atom is -0.485 e. The maximum atomic E-state index is 14.4. The average molecular weight is 373 g/mol. The molecule has 1 aliphatic carbocycles. The Morgan fingerprint density at radius 2 is 2.00 bits per heavy atom. The van der Waals surface area contributed by atoms with Crippen molar-refractivity contribution in [3.05, 3.63) is 59.4 Å². The third kappa shape index (κ3) is 4.45. The van der Waals surface area contributed by atoms with Gasteiger partial charge >= 0.3 is 0 Å². The molecule has 2 atom stereocenters. The third-order valence-corrected chi connectivity index (χ3v) is 5.52. The van der Waals surface area contributed by atoms with Gasteiger partial charge in [0.05, 0.1) is 0 Å². The molecular formula is C21H25F2N3O. The molecule has 2 heterocycles. The Bertz CT molecular complexity index is 780. The molecule has 1 aromatic heterocycles. The first kappa shape index (κ1) is 18.3. The van der Waals surface area contributed by atoms with Crippen molar-refractivity contribution in [3.8, 4) is 5.75 Å². The molecular weight excluding hydrogens is 348 g/mol. The third-order valence-electron chi connectivity index (χ3n) is 5.52. The molecule has 4 rings (SSSR count). The number of nitrogens with zero attached hydrogens (tertiary/aromatic N) is 1. The Balaban J connectivity index is 1.38. The number of pyridine rings is 1. The number of aromatic nitrogens is 1. The normalized spacial score (nSPS) is 22.6. The molecule has 6 heteroatoms. The Labute approximate surface area is 158 Å². The largest absolute Gasteiger partial charge is 0.485 e. The standard InChI is InChI=1S/C21H25F2N3O/c22-18-5-1-4-16(20(18)27-13-15-3-2-8-25-21(15)23)17-11-19(17)26-12-14-6-9-24-10-7-14/h1-5,8,14,17,19,24,26H,6-7,9-13H2/t17-,19+/m0/s1. The molecule has 1 saturated heterocycles. The maximum absolute atomic E-state index is 14.4. The van der Waals surface area contributed by atoms with Crippen LogP contribution in [0, 0.1) is 17.7 Å². The number of benzene rings is 1. The fraction of sp³-hybridized carbons (Fsp3) is 0.476. The van der Waals surface area contributed by atoms with Gasteiger partial charge in [0.15, 0.2) is 11.6 Å². The Hall–Kier alpha value is -2.05. The molecule has 1 aliphatic heterocycles. The van der Waals surface area contributed by atoms with E-state index in [1.807, 2.05) is 6.07 Å². The van der Waals surface area contributed by atoms with Crippen molar-refractivity contribution in [1.82, 2.24) is 15.6 Å². The van der Waals surface area contributed by atoms with Crippen LogP contribution >= 0.6 is 0 Å². The lowest BCUT2D eigenvalue weighted by molar-refractivity contribution is 0.279. The zero-order valence-corrected chi connectivity index (χ0v) is 15.3. The number of piperidine rings is 1. The summed E-state index contributed by atoms with van der Waals surface area (Å²) in [5.41, 5.74) is 1.19. The maximum Gasteiger partial charge on any atom is 0.219 e. The Kier molecular flexibility index (Phi) is 5.64. The molecule has 2 aromatic rings. The van der Waals surface area contributed by atoms with Gasteiger partial charge in [-0.15, -0.1) is 0 Å². The van der Waals surface area contributed by atoms with Crippen LogP contribution in [-0.2, 0) is 6.61 Å². The Morgan fingerprint density at radius 3 is 2.81 bits per heavy atom. The predicted molar refractivity (Wildman–Crippen MR) is 99.7 cm³/mol. The van der Waals surface area contributed by atoms with E-state index in [0.717, 1.165) is 31.6 Å². The molecule has 4 nitrogen and oxygen atoms in total.